The molecule has 0 aliphatic heterocycles. The minimum absolute atomic E-state index is 0.403. The van der Waals surface area contributed by atoms with Gasteiger partial charge in [0.2, 0.25) is 11.9 Å². The predicted octanol–water partition coefficient (Wildman–Crippen LogP) is 0.323. The molecule has 0 aromatic carbocycles. The second-order valence-corrected chi connectivity index (χ2v) is 3.66. The van der Waals surface area contributed by atoms with E-state index in [4.69, 9.17) is 5.73 Å². The number of rotatable bonds is 3. The number of fused-ring (bicyclic) bond motifs is 1. The fourth-order valence-corrected chi connectivity index (χ4v) is 1.37. The first-order valence-electron chi connectivity index (χ1n) is 4.96. The maximum atomic E-state index is 10.9. The molecule has 2 aromatic heterocycles. The van der Waals surface area contributed by atoms with E-state index < -0.39 is 11.9 Å². The molecule has 2 heterocycles. The van der Waals surface area contributed by atoms with E-state index in [2.05, 4.69) is 15.4 Å². The summed E-state index contributed by atoms with van der Waals surface area (Å²) in [6.07, 6.45) is 1.80. The van der Waals surface area contributed by atoms with Crippen LogP contribution in [0.3, 0.4) is 0 Å². The van der Waals surface area contributed by atoms with Crippen LogP contribution in [0.1, 0.15) is 12.5 Å². The van der Waals surface area contributed by atoms with E-state index in [1.54, 1.807) is 17.6 Å². The molecular weight excluding hydrogens is 206 g/mol. The maximum absolute atomic E-state index is 10.9. The molecule has 0 saturated heterocycles. The van der Waals surface area contributed by atoms with Crippen LogP contribution in [-0.2, 0) is 4.79 Å². The molecule has 6 nitrogen and oxygen atoms in total. The first-order chi connectivity index (χ1) is 7.58. The summed E-state index contributed by atoms with van der Waals surface area (Å²) in [6.45, 7) is 3.62. The Morgan fingerprint density at radius 3 is 3.00 bits per heavy atom. The molecular formula is C10H13N5O. The average molecular weight is 219 g/mol. The number of pyridine rings is 1. The fourth-order valence-electron chi connectivity index (χ4n) is 1.37. The highest BCUT2D eigenvalue weighted by Crippen LogP contribution is 2.10. The summed E-state index contributed by atoms with van der Waals surface area (Å²) in [7, 11) is 0. The Morgan fingerprint density at radius 1 is 1.62 bits per heavy atom. The third-order valence-electron chi connectivity index (χ3n) is 2.33. The fraction of sp³-hybridized carbons (Fsp3) is 0.300. The molecule has 0 aliphatic carbocycles. The Kier molecular flexibility index (Phi) is 2.47. The number of carbonyl (C=O) groups excluding carboxylic acids is 1. The van der Waals surface area contributed by atoms with Crippen molar-refractivity contribution in [3.63, 3.8) is 0 Å². The predicted molar refractivity (Wildman–Crippen MR) is 60.0 cm³/mol. The van der Waals surface area contributed by atoms with Gasteiger partial charge in [-0.3, -0.25) is 4.79 Å². The van der Waals surface area contributed by atoms with Gasteiger partial charge in [0.15, 0.2) is 5.65 Å². The lowest BCUT2D eigenvalue weighted by Crippen LogP contribution is -2.32. The number of nitrogens with zero attached hydrogens (tertiary/aromatic N) is 3. The molecule has 2 aromatic rings. The Labute approximate surface area is 92.5 Å². The highest BCUT2D eigenvalue weighted by atomic mass is 16.1. The number of amides is 1. The van der Waals surface area contributed by atoms with Crippen molar-refractivity contribution in [1.29, 1.82) is 0 Å². The van der Waals surface area contributed by atoms with Crippen molar-refractivity contribution < 1.29 is 4.79 Å². The smallest absolute Gasteiger partial charge is 0.243 e. The molecule has 0 aliphatic rings. The van der Waals surface area contributed by atoms with E-state index in [1.807, 2.05) is 19.1 Å². The summed E-state index contributed by atoms with van der Waals surface area (Å²) in [5, 5.41) is 7.02. The van der Waals surface area contributed by atoms with Gasteiger partial charge in [-0.1, -0.05) is 6.07 Å². The standard InChI is InChI=1S/C10H13N5O/c1-6-4-3-5-15-9(6)13-10(14-15)12-7(2)8(11)16/h3-5,7H,1-2H3,(H2,11,16)(H,12,14). The second-order valence-electron chi connectivity index (χ2n) is 3.66. The largest absolute Gasteiger partial charge is 0.368 e. The highest BCUT2D eigenvalue weighted by molar-refractivity contribution is 5.81. The van der Waals surface area contributed by atoms with Crippen LogP contribution in [-0.4, -0.2) is 26.5 Å². The molecule has 3 N–H and O–H groups in total. The number of anilines is 1. The van der Waals surface area contributed by atoms with E-state index in [0.717, 1.165) is 11.2 Å². The lowest BCUT2D eigenvalue weighted by Gasteiger charge is -2.06. The van der Waals surface area contributed by atoms with Crippen molar-refractivity contribution in [3.05, 3.63) is 23.9 Å². The average Bonchev–Trinajstić information content (AvgIpc) is 2.61. The van der Waals surface area contributed by atoms with Gasteiger partial charge in [0.1, 0.15) is 6.04 Å². The van der Waals surface area contributed by atoms with Crippen LogP contribution < -0.4 is 11.1 Å². The van der Waals surface area contributed by atoms with Gasteiger partial charge in [-0.2, -0.15) is 4.98 Å². The van der Waals surface area contributed by atoms with Crippen molar-refractivity contribution in [2.75, 3.05) is 5.32 Å². The zero-order valence-corrected chi connectivity index (χ0v) is 9.14. The molecule has 0 spiro atoms. The molecule has 0 radical (unpaired) electrons. The minimum Gasteiger partial charge on any atom is -0.368 e. The number of aromatic nitrogens is 3. The summed E-state index contributed by atoms with van der Waals surface area (Å²) >= 11 is 0. The van der Waals surface area contributed by atoms with Crippen molar-refractivity contribution in [3.8, 4) is 0 Å². The SMILES string of the molecule is Cc1cccn2nc(NC(C)C(N)=O)nc12. The van der Waals surface area contributed by atoms with Crippen molar-refractivity contribution in [2.24, 2.45) is 5.73 Å². The minimum atomic E-state index is -0.488. The topological polar surface area (TPSA) is 85.3 Å². The van der Waals surface area contributed by atoms with Gasteiger partial charge in [-0.05, 0) is 25.5 Å². The molecule has 1 atom stereocenters. The van der Waals surface area contributed by atoms with Crippen molar-refractivity contribution in [2.45, 2.75) is 19.9 Å². The van der Waals surface area contributed by atoms with Crippen molar-refractivity contribution in [1.82, 2.24) is 14.6 Å². The number of hydrogen-bond acceptors (Lipinski definition) is 4. The summed E-state index contributed by atoms with van der Waals surface area (Å²) in [6, 6.07) is 3.35. The number of nitrogens with one attached hydrogen (secondary N) is 1. The third-order valence-corrected chi connectivity index (χ3v) is 2.33. The van der Waals surface area contributed by atoms with Gasteiger partial charge in [0.05, 0.1) is 0 Å². The number of primary amides is 1. The quantitative estimate of drug-likeness (QED) is 0.778. The Hall–Kier alpha value is -2.11. The Balaban J connectivity index is 2.33. The van der Waals surface area contributed by atoms with Gasteiger partial charge in [-0.25, -0.2) is 4.52 Å². The molecule has 1 amide bonds. The van der Waals surface area contributed by atoms with Gasteiger partial charge in [0, 0.05) is 6.20 Å². The van der Waals surface area contributed by atoms with Gasteiger partial charge in [0.25, 0.3) is 0 Å². The summed E-state index contributed by atoms with van der Waals surface area (Å²) in [5.41, 5.74) is 6.93. The lowest BCUT2D eigenvalue weighted by atomic mass is 10.3. The van der Waals surface area contributed by atoms with Gasteiger partial charge in [-0.15, -0.1) is 5.10 Å². The second kappa shape index (κ2) is 3.80. The zero-order valence-electron chi connectivity index (χ0n) is 9.14. The van der Waals surface area contributed by atoms with Crippen LogP contribution >= 0.6 is 0 Å². The molecule has 1 unspecified atom stereocenters. The molecule has 6 heteroatoms. The number of hydrogen-bond donors (Lipinski definition) is 2. The van der Waals surface area contributed by atoms with Gasteiger partial charge < -0.3 is 11.1 Å². The van der Waals surface area contributed by atoms with E-state index in [9.17, 15) is 4.79 Å². The summed E-state index contributed by atoms with van der Waals surface area (Å²) in [5.74, 6) is -0.0313. The van der Waals surface area contributed by atoms with E-state index in [0.29, 0.717) is 5.95 Å². The number of carbonyl (C=O) groups is 1. The van der Waals surface area contributed by atoms with Crippen LogP contribution in [0.4, 0.5) is 5.95 Å². The Morgan fingerprint density at radius 2 is 2.38 bits per heavy atom. The lowest BCUT2D eigenvalue weighted by molar-refractivity contribution is -0.118. The highest BCUT2D eigenvalue weighted by Gasteiger charge is 2.11. The van der Waals surface area contributed by atoms with E-state index >= 15 is 0 Å². The number of nitrogens with two attached hydrogens (primary N) is 1. The summed E-state index contributed by atoms with van der Waals surface area (Å²) in [4.78, 5) is 15.2. The van der Waals surface area contributed by atoms with Crippen LogP contribution in [0.2, 0.25) is 0 Å². The van der Waals surface area contributed by atoms with Crippen LogP contribution in [0.5, 0.6) is 0 Å². The van der Waals surface area contributed by atoms with E-state index in [1.165, 1.54) is 0 Å². The molecule has 0 saturated carbocycles. The van der Waals surface area contributed by atoms with Crippen LogP contribution in [0.25, 0.3) is 5.65 Å². The van der Waals surface area contributed by atoms with E-state index in [-0.39, 0.29) is 0 Å². The molecule has 0 bridgehead atoms. The van der Waals surface area contributed by atoms with Gasteiger partial charge >= 0.3 is 0 Å². The molecule has 84 valence electrons. The zero-order chi connectivity index (χ0) is 11.7. The van der Waals surface area contributed by atoms with Crippen LogP contribution in [0, 0.1) is 6.92 Å². The molecule has 2 rings (SSSR count). The molecule has 16 heavy (non-hydrogen) atoms. The number of aryl methyl sites for hydroxylation is 1. The summed E-state index contributed by atoms with van der Waals surface area (Å²) < 4.78 is 1.66. The van der Waals surface area contributed by atoms with Crippen LogP contribution in [0.15, 0.2) is 18.3 Å². The third kappa shape index (κ3) is 1.81. The Bertz CT molecular complexity index is 533. The molecule has 0 fully saturated rings. The first-order valence-corrected chi connectivity index (χ1v) is 4.96. The first kappa shape index (κ1) is 10.4. The normalized spacial score (nSPS) is 12.6. The van der Waals surface area contributed by atoms with Crippen molar-refractivity contribution >= 4 is 17.5 Å². The maximum Gasteiger partial charge on any atom is 0.243 e. The monoisotopic (exact) mass is 219 g/mol.